The highest BCUT2D eigenvalue weighted by Crippen LogP contribution is 2.25. The molecular weight excluding hydrogens is 385 g/mol. The number of likely N-dealkylation sites (tertiary alicyclic amines) is 1. The summed E-state index contributed by atoms with van der Waals surface area (Å²) in [5.74, 6) is 1.09. The number of halogens is 1. The number of carbonyl (C=O) groups excluding carboxylic acids is 1. The fourth-order valence-electron chi connectivity index (χ4n) is 3.70. The first-order chi connectivity index (χ1) is 14.2. The van der Waals surface area contributed by atoms with Crippen molar-refractivity contribution in [1.82, 2.24) is 4.90 Å². The zero-order valence-corrected chi connectivity index (χ0v) is 17.0. The van der Waals surface area contributed by atoms with Crippen molar-refractivity contribution in [2.45, 2.75) is 25.9 Å². The molecule has 0 N–H and O–H groups in total. The van der Waals surface area contributed by atoms with Crippen LogP contribution in [0.3, 0.4) is 0 Å². The number of ether oxygens (including phenoxy) is 1. The van der Waals surface area contributed by atoms with Crippen LogP contribution in [-0.2, 0) is 13.0 Å². The minimum atomic E-state index is -0.284. The topological polar surface area (TPSA) is 29.5 Å². The molecule has 4 rings (SSSR count). The van der Waals surface area contributed by atoms with E-state index < -0.39 is 0 Å². The van der Waals surface area contributed by atoms with Gasteiger partial charge in [0.25, 0.3) is 5.91 Å². The van der Waals surface area contributed by atoms with Gasteiger partial charge < -0.3 is 9.64 Å². The first-order valence-electron chi connectivity index (χ1n) is 9.96. The predicted octanol–water partition coefficient (Wildman–Crippen LogP) is 5.56. The molecule has 0 aliphatic carbocycles. The van der Waals surface area contributed by atoms with Crippen LogP contribution in [0.1, 0.15) is 33.6 Å². The van der Waals surface area contributed by atoms with Gasteiger partial charge in [-0.3, -0.25) is 4.79 Å². The van der Waals surface area contributed by atoms with E-state index in [-0.39, 0.29) is 11.7 Å². The van der Waals surface area contributed by atoms with Gasteiger partial charge in [0.2, 0.25) is 0 Å². The Hall–Kier alpha value is -2.66. The number of thiophene rings is 1. The van der Waals surface area contributed by atoms with Crippen LogP contribution in [0.4, 0.5) is 4.39 Å². The second-order valence-corrected chi connectivity index (χ2v) is 8.40. The SMILES string of the molecule is O=C(c1cc(COc2ccc(F)cc2)cs1)N1CCC(Cc2ccccc2)CC1. The summed E-state index contributed by atoms with van der Waals surface area (Å²) in [5.41, 5.74) is 2.34. The molecule has 1 aromatic heterocycles. The summed E-state index contributed by atoms with van der Waals surface area (Å²) in [4.78, 5) is 15.6. The van der Waals surface area contributed by atoms with Gasteiger partial charge in [-0.1, -0.05) is 30.3 Å². The maximum atomic E-state index is 13.0. The lowest BCUT2D eigenvalue weighted by molar-refractivity contribution is 0.0695. The molecule has 1 aliphatic heterocycles. The minimum absolute atomic E-state index is 0.112. The van der Waals surface area contributed by atoms with Crippen molar-refractivity contribution in [2.75, 3.05) is 13.1 Å². The monoisotopic (exact) mass is 409 g/mol. The Bertz CT molecular complexity index is 931. The second kappa shape index (κ2) is 9.23. The van der Waals surface area contributed by atoms with Gasteiger partial charge >= 0.3 is 0 Å². The number of rotatable bonds is 6. The van der Waals surface area contributed by atoms with Gasteiger partial charge in [-0.2, -0.15) is 0 Å². The number of amides is 1. The van der Waals surface area contributed by atoms with E-state index in [2.05, 4.69) is 24.3 Å². The molecular formula is C24H24FNO2S. The van der Waals surface area contributed by atoms with Crippen molar-refractivity contribution in [3.05, 3.63) is 87.9 Å². The molecule has 5 heteroatoms. The summed E-state index contributed by atoms with van der Waals surface area (Å²) in [7, 11) is 0. The van der Waals surface area contributed by atoms with E-state index in [1.165, 1.54) is 29.0 Å². The van der Waals surface area contributed by atoms with Crippen molar-refractivity contribution < 1.29 is 13.9 Å². The zero-order valence-electron chi connectivity index (χ0n) is 16.2. The summed E-state index contributed by atoms with van der Waals surface area (Å²) in [6.45, 7) is 2.00. The maximum Gasteiger partial charge on any atom is 0.263 e. The third kappa shape index (κ3) is 5.24. The number of hydrogen-bond acceptors (Lipinski definition) is 3. The number of piperidine rings is 1. The van der Waals surface area contributed by atoms with Gasteiger partial charge in [0.15, 0.2) is 0 Å². The van der Waals surface area contributed by atoms with E-state index >= 15 is 0 Å². The van der Waals surface area contributed by atoms with Crippen LogP contribution in [0.25, 0.3) is 0 Å². The van der Waals surface area contributed by atoms with Crippen molar-refractivity contribution >= 4 is 17.2 Å². The van der Waals surface area contributed by atoms with Gasteiger partial charge in [0.05, 0.1) is 4.88 Å². The first-order valence-corrected chi connectivity index (χ1v) is 10.8. The fraction of sp³-hybridized carbons (Fsp3) is 0.292. The van der Waals surface area contributed by atoms with Crippen LogP contribution in [0, 0.1) is 11.7 Å². The van der Waals surface area contributed by atoms with Crippen molar-refractivity contribution in [3.63, 3.8) is 0 Å². The Balaban J connectivity index is 1.27. The predicted molar refractivity (Wildman–Crippen MR) is 114 cm³/mol. The van der Waals surface area contributed by atoms with Crippen LogP contribution in [-0.4, -0.2) is 23.9 Å². The molecule has 1 aliphatic rings. The highest BCUT2D eigenvalue weighted by molar-refractivity contribution is 7.12. The normalized spacial score (nSPS) is 14.7. The summed E-state index contributed by atoms with van der Waals surface area (Å²) in [6.07, 6.45) is 3.19. The lowest BCUT2D eigenvalue weighted by atomic mass is 9.90. The molecule has 0 bridgehead atoms. The number of nitrogens with zero attached hydrogens (tertiary/aromatic N) is 1. The van der Waals surface area contributed by atoms with Crippen molar-refractivity contribution in [1.29, 1.82) is 0 Å². The smallest absolute Gasteiger partial charge is 0.263 e. The van der Waals surface area contributed by atoms with Crippen molar-refractivity contribution in [3.8, 4) is 5.75 Å². The van der Waals surface area contributed by atoms with Crippen LogP contribution in [0.5, 0.6) is 5.75 Å². The largest absolute Gasteiger partial charge is 0.489 e. The van der Waals surface area contributed by atoms with E-state index in [1.54, 1.807) is 12.1 Å². The molecule has 0 radical (unpaired) electrons. The molecule has 0 saturated carbocycles. The van der Waals surface area contributed by atoms with E-state index in [0.717, 1.165) is 42.8 Å². The standard InChI is InChI=1S/C24H24FNO2S/c25-21-6-8-22(9-7-21)28-16-20-15-23(29-17-20)24(27)26-12-10-19(11-13-26)14-18-4-2-1-3-5-18/h1-9,15,17,19H,10-14,16H2. The molecule has 1 amide bonds. The molecule has 0 spiro atoms. The maximum absolute atomic E-state index is 13.0. The Kier molecular flexibility index (Phi) is 6.25. The molecule has 1 fully saturated rings. The Morgan fingerprint density at radius 2 is 1.76 bits per heavy atom. The van der Waals surface area contributed by atoms with E-state index in [0.29, 0.717) is 18.3 Å². The molecule has 2 heterocycles. The van der Waals surface area contributed by atoms with Gasteiger partial charge in [-0.05, 0) is 66.5 Å². The summed E-state index contributed by atoms with van der Waals surface area (Å²) >= 11 is 1.46. The third-order valence-corrected chi connectivity index (χ3v) is 6.32. The quantitative estimate of drug-likeness (QED) is 0.533. The number of carbonyl (C=O) groups is 1. The minimum Gasteiger partial charge on any atom is -0.489 e. The van der Waals surface area contributed by atoms with Gasteiger partial charge in [-0.25, -0.2) is 4.39 Å². The van der Waals surface area contributed by atoms with Crippen molar-refractivity contribution in [2.24, 2.45) is 5.92 Å². The van der Waals surface area contributed by atoms with E-state index in [1.807, 2.05) is 22.4 Å². The van der Waals surface area contributed by atoms with Crippen LogP contribution < -0.4 is 4.74 Å². The van der Waals surface area contributed by atoms with Gasteiger partial charge in [0.1, 0.15) is 18.2 Å². The zero-order chi connectivity index (χ0) is 20.1. The molecule has 0 unspecified atom stereocenters. The average Bonchev–Trinajstić information content (AvgIpc) is 3.23. The molecule has 0 atom stereocenters. The third-order valence-electron chi connectivity index (χ3n) is 5.35. The molecule has 150 valence electrons. The Morgan fingerprint density at radius 3 is 2.48 bits per heavy atom. The summed E-state index contributed by atoms with van der Waals surface area (Å²) in [6, 6.07) is 18.4. The van der Waals surface area contributed by atoms with Gasteiger partial charge in [-0.15, -0.1) is 11.3 Å². The fourth-order valence-corrected chi connectivity index (χ4v) is 4.57. The first kappa shape index (κ1) is 19.6. The Morgan fingerprint density at radius 1 is 1.03 bits per heavy atom. The molecule has 3 aromatic rings. The van der Waals surface area contributed by atoms with Crippen LogP contribution in [0.15, 0.2) is 66.0 Å². The highest BCUT2D eigenvalue weighted by Gasteiger charge is 2.24. The highest BCUT2D eigenvalue weighted by atomic mass is 32.1. The molecule has 29 heavy (non-hydrogen) atoms. The van der Waals surface area contributed by atoms with E-state index in [4.69, 9.17) is 4.74 Å². The lowest BCUT2D eigenvalue weighted by Crippen LogP contribution is -2.38. The van der Waals surface area contributed by atoms with Gasteiger partial charge in [0, 0.05) is 18.7 Å². The van der Waals surface area contributed by atoms with E-state index in [9.17, 15) is 9.18 Å². The molecule has 3 nitrogen and oxygen atoms in total. The Labute approximate surface area is 174 Å². The van der Waals surface area contributed by atoms with Crippen LogP contribution >= 0.6 is 11.3 Å². The molecule has 2 aromatic carbocycles. The number of hydrogen-bond donors (Lipinski definition) is 0. The lowest BCUT2D eigenvalue weighted by Gasteiger charge is -2.31. The molecule has 1 saturated heterocycles. The number of benzene rings is 2. The summed E-state index contributed by atoms with van der Waals surface area (Å²) < 4.78 is 18.6. The second-order valence-electron chi connectivity index (χ2n) is 7.49. The van der Waals surface area contributed by atoms with Crippen LogP contribution in [0.2, 0.25) is 0 Å². The summed E-state index contributed by atoms with van der Waals surface area (Å²) in [5, 5.41) is 1.96. The average molecular weight is 410 g/mol.